The maximum Gasteiger partial charge on any atom is 0.237 e. The van der Waals surface area contributed by atoms with Gasteiger partial charge >= 0.3 is 0 Å². The van der Waals surface area contributed by atoms with Crippen molar-refractivity contribution in [2.24, 2.45) is 11.7 Å². The Labute approximate surface area is 95.5 Å². The van der Waals surface area contributed by atoms with Crippen LogP contribution in [0, 0.1) is 5.92 Å². The van der Waals surface area contributed by atoms with E-state index >= 15 is 0 Å². The molecule has 16 heavy (non-hydrogen) atoms. The normalized spacial score (nSPS) is 14.6. The smallest absolute Gasteiger partial charge is 0.237 e. The van der Waals surface area contributed by atoms with Crippen LogP contribution in [0.15, 0.2) is 18.6 Å². The zero-order valence-corrected chi connectivity index (χ0v) is 9.84. The molecular formula is C11H18N4O. The summed E-state index contributed by atoms with van der Waals surface area (Å²) < 4.78 is 0. The Morgan fingerprint density at radius 3 is 2.56 bits per heavy atom. The monoisotopic (exact) mass is 222 g/mol. The minimum atomic E-state index is -0.487. The summed E-state index contributed by atoms with van der Waals surface area (Å²) in [4.78, 5) is 19.7. The van der Waals surface area contributed by atoms with Crippen LogP contribution < -0.4 is 11.1 Å². The third-order valence-electron chi connectivity index (χ3n) is 2.41. The standard InChI is InChI=1S/C11H18N4O/c1-7(2)10(12)11(16)15-8(3)9-6-13-4-5-14-9/h4-8,10H,12H2,1-3H3,(H,15,16)/t8-,10+/m1/s1. The van der Waals surface area contributed by atoms with E-state index in [4.69, 9.17) is 5.73 Å². The SMILES string of the molecule is CC(C)[C@H](N)C(=O)N[C@H](C)c1cnccn1. The topological polar surface area (TPSA) is 80.9 Å². The molecule has 88 valence electrons. The van der Waals surface area contributed by atoms with Gasteiger partial charge in [-0.1, -0.05) is 13.8 Å². The number of carbonyl (C=O) groups is 1. The molecule has 0 aromatic carbocycles. The Morgan fingerprint density at radius 2 is 2.06 bits per heavy atom. The van der Waals surface area contributed by atoms with Crippen molar-refractivity contribution in [3.63, 3.8) is 0 Å². The first-order valence-electron chi connectivity index (χ1n) is 5.34. The summed E-state index contributed by atoms with van der Waals surface area (Å²) in [5, 5.41) is 2.81. The number of carbonyl (C=O) groups excluding carboxylic acids is 1. The molecule has 0 fully saturated rings. The summed E-state index contributed by atoms with van der Waals surface area (Å²) >= 11 is 0. The van der Waals surface area contributed by atoms with Gasteiger partial charge in [-0.05, 0) is 12.8 Å². The number of nitrogens with two attached hydrogens (primary N) is 1. The molecule has 5 nitrogen and oxygen atoms in total. The van der Waals surface area contributed by atoms with Crippen molar-refractivity contribution in [1.29, 1.82) is 0 Å². The maximum absolute atomic E-state index is 11.7. The summed E-state index contributed by atoms with van der Waals surface area (Å²) in [6.07, 6.45) is 4.82. The lowest BCUT2D eigenvalue weighted by molar-refractivity contribution is -0.123. The lowest BCUT2D eigenvalue weighted by atomic mass is 10.0. The third-order valence-corrected chi connectivity index (χ3v) is 2.41. The number of amides is 1. The van der Waals surface area contributed by atoms with Crippen molar-refractivity contribution in [3.05, 3.63) is 24.3 Å². The number of rotatable bonds is 4. The van der Waals surface area contributed by atoms with E-state index in [2.05, 4.69) is 15.3 Å². The molecule has 0 radical (unpaired) electrons. The van der Waals surface area contributed by atoms with Gasteiger partial charge < -0.3 is 11.1 Å². The summed E-state index contributed by atoms with van der Waals surface area (Å²) in [6, 6.07) is -0.662. The van der Waals surface area contributed by atoms with Crippen molar-refractivity contribution in [1.82, 2.24) is 15.3 Å². The average Bonchev–Trinajstić information content (AvgIpc) is 2.28. The Bertz CT molecular complexity index is 339. The van der Waals surface area contributed by atoms with E-state index in [0.29, 0.717) is 0 Å². The van der Waals surface area contributed by atoms with Crippen LogP contribution in [0.1, 0.15) is 32.5 Å². The van der Waals surface area contributed by atoms with Gasteiger partial charge in [0.25, 0.3) is 0 Å². The molecule has 3 N–H and O–H groups in total. The zero-order chi connectivity index (χ0) is 12.1. The first-order valence-corrected chi connectivity index (χ1v) is 5.34. The Morgan fingerprint density at radius 1 is 1.38 bits per heavy atom. The molecule has 1 heterocycles. The predicted octanol–water partition coefficient (Wildman–Crippen LogP) is 0.637. The minimum absolute atomic E-state index is 0.119. The van der Waals surface area contributed by atoms with Crippen LogP contribution in [-0.4, -0.2) is 21.9 Å². The van der Waals surface area contributed by atoms with Gasteiger partial charge in [0.05, 0.1) is 24.0 Å². The van der Waals surface area contributed by atoms with Gasteiger partial charge in [-0.2, -0.15) is 0 Å². The largest absolute Gasteiger partial charge is 0.347 e. The summed E-state index contributed by atoms with van der Waals surface area (Å²) in [7, 11) is 0. The summed E-state index contributed by atoms with van der Waals surface area (Å²) in [5.74, 6) is -0.0396. The summed E-state index contributed by atoms with van der Waals surface area (Å²) in [5.41, 5.74) is 6.47. The predicted molar refractivity (Wildman–Crippen MR) is 61.4 cm³/mol. The molecule has 0 saturated carbocycles. The van der Waals surface area contributed by atoms with Crippen LogP contribution in [0.2, 0.25) is 0 Å². The molecule has 0 aliphatic carbocycles. The average molecular weight is 222 g/mol. The highest BCUT2D eigenvalue weighted by atomic mass is 16.2. The quantitative estimate of drug-likeness (QED) is 0.783. The van der Waals surface area contributed by atoms with Crippen molar-refractivity contribution in [3.8, 4) is 0 Å². The molecule has 1 amide bonds. The van der Waals surface area contributed by atoms with Crippen LogP contribution >= 0.6 is 0 Å². The molecular weight excluding hydrogens is 204 g/mol. The van der Waals surface area contributed by atoms with E-state index in [1.165, 1.54) is 0 Å². The number of aromatic nitrogens is 2. The highest BCUT2D eigenvalue weighted by molar-refractivity contribution is 5.82. The molecule has 0 aliphatic rings. The highest BCUT2D eigenvalue weighted by Gasteiger charge is 2.19. The lowest BCUT2D eigenvalue weighted by Gasteiger charge is -2.19. The van der Waals surface area contributed by atoms with Crippen molar-refractivity contribution < 1.29 is 4.79 Å². The van der Waals surface area contributed by atoms with E-state index < -0.39 is 6.04 Å². The van der Waals surface area contributed by atoms with Crippen molar-refractivity contribution >= 4 is 5.91 Å². The third kappa shape index (κ3) is 3.27. The number of nitrogens with zero attached hydrogens (tertiary/aromatic N) is 2. The fourth-order valence-electron chi connectivity index (χ4n) is 1.22. The minimum Gasteiger partial charge on any atom is -0.347 e. The summed E-state index contributed by atoms with van der Waals surface area (Å²) in [6.45, 7) is 5.68. The van der Waals surface area contributed by atoms with Crippen LogP contribution in [0.4, 0.5) is 0 Å². The second-order valence-electron chi connectivity index (χ2n) is 4.13. The second kappa shape index (κ2) is 5.55. The van der Waals surface area contributed by atoms with Crippen molar-refractivity contribution in [2.45, 2.75) is 32.9 Å². The van der Waals surface area contributed by atoms with Crippen molar-refractivity contribution in [2.75, 3.05) is 0 Å². The van der Waals surface area contributed by atoms with E-state index in [-0.39, 0.29) is 17.9 Å². The molecule has 0 aliphatic heterocycles. The molecule has 1 aromatic rings. The fraction of sp³-hybridized carbons (Fsp3) is 0.545. The van der Waals surface area contributed by atoms with E-state index in [1.807, 2.05) is 20.8 Å². The van der Waals surface area contributed by atoms with Crippen LogP contribution in [-0.2, 0) is 4.79 Å². The number of nitrogens with one attached hydrogen (secondary N) is 1. The second-order valence-corrected chi connectivity index (χ2v) is 4.13. The fourth-order valence-corrected chi connectivity index (χ4v) is 1.22. The first kappa shape index (κ1) is 12.6. The van der Waals surface area contributed by atoms with Crippen LogP contribution in [0.25, 0.3) is 0 Å². The van der Waals surface area contributed by atoms with Gasteiger partial charge in [-0.15, -0.1) is 0 Å². The molecule has 0 spiro atoms. The van der Waals surface area contributed by atoms with E-state index in [0.717, 1.165) is 5.69 Å². The zero-order valence-electron chi connectivity index (χ0n) is 9.84. The van der Waals surface area contributed by atoms with Crippen LogP contribution in [0.5, 0.6) is 0 Å². The molecule has 2 atom stereocenters. The first-order chi connectivity index (χ1) is 7.52. The van der Waals surface area contributed by atoms with Gasteiger partial charge in [-0.3, -0.25) is 14.8 Å². The molecule has 0 unspecified atom stereocenters. The van der Waals surface area contributed by atoms with Gasteiger partial charge in [0.2, 0.25) is 5.91 Å². The molecule has 5 heteroatoms. The number of hydrogen-bond donors (Lipinski definition) is 2. The lowest BCUT2D eigenvalue weighted by Crippen LogP contribution is -2.44. The Balaban J connectivity index is 2.58. The Hall–Kier alpha value is -1.49. The molecule has 1 rings (SSSR count). The van der Waals surface area contributed by atoms with Gasteiger partial charge in [-0.25, -0.2) is 0 Å². The van der Waals surface area contributed by atoms with E-state index in [9.17, 15) is 4.79 Å². The Kier molecular flexibility index (Phi) is 4.37. The van der Waals surface area contributed by atoms with Gasteiger partial charge in [0.15, 0.2) is 0 Å². The molecule has 0 bridgehead atoms. The maximum atomic E-state index is 11.7. The van der Waals surface area contributed by atoms with Gasteiger partial charge in [0.1, 0.15) is 0 Å². The number of hydrogen-bond acceptors (Lipinski definition) is 4. The molecule has 1 aromatic heterocycles. The molecule has 0 saturated heterocycles. The van der Waals surface area contributed by atoms with E-state index in [1.54, 1.807) is 18.6 Å². The van der Waals surface area contributed by atoms with Gasteiger partial charge in [0, 0.05) is 12.4 Å². The van der Waals surface area contributed by atoms with Crippen LogP contribution in [0.3, 0.4) is 0 Å². The highest BCUT2D eigenvalue weighted by Crippen LogP contribution is 2.07.